The molecule has 138 valence electrons. The Balaban J connectivity index is 1.89. The normalized spacial score (nSPS) is 13.9. The van der Waals surface area contributed by atoms with Gasteiger partial charge in [-0.1, -0.05) is 0 Å². The average Bonchev–Trinajstić information content (AvgIpc) is 2.64. The highest BCUT2D eigenvalue weighted by atomic mass is 19.4. The third-order valence-corrected chi connectivity index (χ3v) is 4.02. The van der Waals surface area contributed by atoms with Gasteiger partial charge in [0.05, 0.1) is 7.11 Å². The highest BCUT2D eigenvalue weighted by Crippen LogP contribution is 2.32. The SMILES string of the molecule is COc1ccc2c(c1)CCCN2C(=O)c1cccnc1OCC(F)(F)F. The van der Waals surface area contributed by atoms with Gasteiger partial charge in [0.2, 0.25) is 5.88 Å². The molecule has 26 heavy (non-hydrogen) atoms. The summed E-state index contributed by atoms with van der Waals surface area (Å²) in [5, 5.41) is 0. The van der Waals surface area contributed by atoms with Crippen LogP contribution < -0.4 is 14.4 Å². The fraction of sp³-hybridized carbons (Fsp3) is 0.333. The quantitative estimate of drug-likeness (QED) is 0.829. The van der Waals surface area contributed by atoms with E-state index < -0.39 is 18.7 Å². The Morgan fingerprint density at radius 2 is 2.12 bits per heavy atom. The molecule has 1 aromatic carbocycles. The molecule has 8 heteroatoms. The standard InChI is InChI=1S/C18H17F3N2O3/c1-25-13-6-7-15-12(10-13)4-3-9-23(15)17(24)14-5-2-8-22-16(14)26-11-18(19,20)21/h2,5-8,10H,3-4,9,11H2,1H3. The van der Waals surface area contributed by atoms with E-state index in [0.717, 1.165) is 18.4 Å². The zero-order valence-corrected chi connectivity index (χ0v) is 14.0. The Morgan fingerprint density at radius 3 is 2.85 bits per heavy atom. The predicted octanol–water partition coefficient (Wildman–Crippen LogP) is 3.62. The molecule has 0 N–H and O–H groups in total. The second-order valence-corrected chi connectivity index (χ2v) is 5.81. The average molecular weight is 366 g/mol. The molecule has 0 atom stereocenters. The van der Waals surface area contributed by atoms with Gasteiger partial charge in [0.15, 0.2) is 6.61 Å². The van der Waals surface area contributed by atoms with Crippen LogP contribution in [0.3, 0.4) is 0 Å². The van der Waals surface area contributed by atoms with Crippen LogP contribution in [0.5, 0.6) is 11.6 Å². The summed E-state index contributed by atoms with van der Waals surface area (Å²) in [7, 11) is 1.56. The molecule has 1 aromatic heterocycles. The number of benzene rings is 1. The minimum absolute atomic E-state index is 0.000387. The van der Waals surface area contributed by atoms with Gasteiger partial charge < -0.3 is 14.4 Å². The van der Waals surface area contributed by atoms with Gasteiger partial charge in [0, 0.05) is 18.4 Å². The van der Waals surface area contributed by atoms with Gasteiger partial charge in [-0.3, -0.25) is 4.79 Å². The highest BCUT2D eigenvalue weighted by Gasteiger charge is 2.31. The van der Waals surface area contributed by atoms with Crippen LogP contribution >= 0.6 is 0 Å². The van der Waals surface area contributed by atoms with Crippen LogP contribution in [0.4, 0.5) is 18.9 Å². The van der Waals surface area contributed by atoms with Crippen molar-refractivity contribution in [2.75, 3.05) is 25.2 Å². The fourth-order valence-corrected chi connectivity index (χ4v) is 2.88. The molecule has 5 nitrogen and oxygen atoms in total. The molecule has 0 bridgehead atoms. The summed E-state index contributed by atoms with van der Waals surface area (Å²) >= 11 is 0. The van der Waals surface area contributed by atoms with Gasteiger partial charge in [0.25, 0.3) is 5.91 Å². The number of carbonyl (C=O) groups is 1. The first-order valence-electron chi connectivity index (χ1n) is 8.02. The summed E-state index contributed by atoms with van der Waals surface area (Å²) in [6.07, 6.45) is -1.69. The minimum atomic E-state index is -4.51. The lowest BCUT2D eigenvalue weighted by molar-refractivity contribution is -0.154. The summed E-state index contributed by atoms with van der Waals surface area (Å²) in [4.78, 5) is 18.3. The van der Waals surface area contributed by atoms with E-state index in [1.54, 1.807) is 19.2 Å². The van der Waals surface area contributed by atoms with Crippen LogP contribution in [-0.2, 0) is 6.42 Å². The van der Waals surface area contributed by atoms with Crippen molar-refractivity contribution in [1.29, 1.82) is 0 Å². The van der Waals surface area contributed by atoms with E-state index in [4.69, 9.17) is 9.47 Å². The summed E-state index contributed by atoms with van der Waals surface area (Å²) in [6, 6.07) is 8.29. The maximum atomic E-state index is 13.0. The van der Waals surface area contributed by atoms with Gasteiger partial charge in [-0.05, 0) is 48.7 Å². The van der Waals surface area contributed by atoms with Crippen LogP contribution in [0, 0.1) is 0 Å². The van der Waals surface area contributed by atoms with Crippen molar-refractivity contribution in [3.63, 3.8) is 0 Å². The van der Waals surface area contributed by atoms with Crippen molar-refractivity contribution in [3.05, 3.63) is 47.7 Å². The lowest BCUT2D eigenvalue weighted by Crippen LogP contribution is -2.36. The number of pyridine rings is 1. The first-order chi connectivity index (χ1) is 12.4. The van der Waals surface area contributed by atoms with E-state index >= 15 is 0 Å². The minimum Gasteiger partial charge on any atom is -0.497 e. The topological polar surface area (TPSA) is 51.7 Å². The van der Waals surface area contributed by atoms with Crippen molar-refractivity contribution in [2.45, 2.75) is 19.0 Å². The van der Waals surface area contributed by atoms with E-state index in [-0.39, 0.29) is 11.4 Å². The number of methoxy groups -OCH3 is 1. The summed E-state index contributed by atoms with van der Waals surface area (Å²) in [5.41, 5.74) is 1.67. The van der Waals surface area contributed by atoms with E-state index in [1.165, 1.54) is 23.2 Å². The molecular formula is C18H17F3N2O3. The molecule has 0 saturated carbocycles. The molecule has 3 rings (SSSR count). The van der Waals surface area contributed by atoms with Crippen molar-refractivity contribution in [1.82, 2.24) is 4.98 Å². The van der Waals surface area contributed by atoms with Crippen molar-refractivity contribution >= 4 is 11.6 Å². The second kappa shape index (κ2) is 7.23. The Hall–Kier alpha value is -2.77. The van der Waals surface area contributed by atoms with Gasteiger partial charge in [-0.2, -0.15) is 13.2 Å². The number of aromatic nitrogens is 1. The van der Waals surface area contributed by atoms with Crippen LogP contribution in [-0.4, -0.2) is 37.3 Å². The van der Waals surface area contributed by atoms with Gasteiger partial charge in [-0.25, -0.2) is 4.98 Å². The number of anilines is 1. The zero-order chi connectivity index (χ0) is 18.7. The smallest absolute Gasteiger partial charge is 0.422 e. The van der Waals surface area contributed by atoms with E-state index in [2.05, 4.69) is 4.98 Å². The first kappa shape index (κ1) is 18.0. The number of fused-ring (bicyclic) bond motifs is 1. The Kier molecular flexibility index (Phi) is 5.01. The molecule has 0 unspecified atom stereocenters. The third kappa shape index (κ3) is 3.89. The molecule has 0 radical (unpaired) electrons. The number of alkyl halides is 3. The van der Waals surface area contributed by atoms with Gasteiger partial charge in [0.1, 0.15) is 11.3 Å². The van der Waals surface area contributed by atoms with Crippen molar-refractivity contribution < 1.29 is 27.4 Å². The summed E-state index contributed by atoms with van der Waals surface area (Å²) in [6.45, 7) is -1.04. The molecule has 0 saturated heterocycles. The molecular weight excluding hydrogens is 349 g/mol. The van der Waals surface area contributed by atoms with E-state index in [9.17, 15) is 18.0 Å². The van der Waals surface area contributed by atoms with Gasteiger partial charge >= 0.3 is 6.18 Å². The number of ether oxygens (including phenoxy) is 2. The Labute approximate surface area is 148 Å². The summed E-state index contributed by atoms with van der Waals surface area (Å²) in [5.74, 6) is -0.0783. The molecule has 0 aliphatic carbocycles. The maximum Gasteiger partial charge on any atom is 0.422 e. The molecule has 1 aliphatic rings. The largest absolute Gasteiger partial charge is 0.497 e. The number of halogens is 3. The molecule has 0 spiro atoms. The molecule has 2 aromatic rings. The number of hydrogen-bond acceptors (Lipinski definition) is 4. The molecule has 2 heterocycles. The monoisotopic (exact) mass is 366 g/mol. The van der Waals surface area contributed by atoms with Crippen LogP contribution in [0.2, 0.25) is 0 Å². The van der Waals surface area contributed by atoms with Crippen LogP contribution in [0.15, 0.2) is 36.5 Å². The van der Waals surface area contributed by atoms with Crippen molar-refractivity contribution in [3.8, 4) is 11.6 Å². The molecule has 1 amide bonds. The first-order valence-corrected chi connectivity index (χ1v) is 8.02. The predicted molar refractivity (Wildman–Crippen MR) is 88.8 cm³/mol. The van der Waals surface area contributed by atoms with Crippen molar-refractivity contribution in [2.24, 2.45) is 0 Å². The zero-order valence-electron chi connectivity index (χ0n) is 14.0. The molecule has 0 fully saturated rings. The number of hydrogen-bond donors (Lipinski definition) is 0. The van der Waals surface area contributed by atoms with Crippen LogP contribution in [0.1, 0.15) is 22.3 Å². The highest BCUT2D eigenvalue weighted by molar-refractivity contribution is 6.08. The second-order valence-electron chi connectivity index (χ2n) is 5.81. The summed E-state index contributed by atoms with van der Waals surface area (Å²) < 4.78 is 47.2. The number of nitrogens with zero attached hydrogens (tertiary/aromatic N) is 2. The molecule has 1 aliphatic heterocycles. The van der Waals surface area contributed by atoms with E-state index in [1.807, 2.05) is 6.07 Å². The number of rotatable bonds is 4. The maximum absolute atomic E-state index is 13.0. The van der Waals surface area contributed by atoms with Crippen LogP contribution in [0.25, 0.3) is 0 Å². The number of amides is 1. The number of carbonyl (C=O) groups excluding carboxylic acids is 1. The fourth-order valence-electron chi connectivity index (χ4n) is 2.88. The third-order valence-electron chi connectivity index (χ3n) is 4.02. The Morgan fingerprint density at radius 1 is 1.31 bits per heavy atom. The lowest BCUT2D eigenvalue weighted by atomic mass is 10.0. The Bertz CT molecular complexity index is 809. The lowest BCUT2D eigenvalue weighted by Gasteiger charge is -2.30. The van der Waals surface area contributed by atoms with Gasteiger partial charge in [-0.15, -0.1) is 0 Å². The number of aryl methyl sites for hydroxylation is 1. The van der Waals surface area contributed by atoms with E-state index in [0.29, 0.717) is 18.0 Å².